The van der Waals surface area contributed by atoms with Crippen molar-refractivity contribution in [2.75, 3.05) is 6.54 Å². The molecule has 0 aliphatic rings. The van der Waals surface area contributed by atoms with Crippen LogP contribution in [0.1, 0.15) is 41.0 Å². The minimum Gasteiger partial charge on any atom is -0.352 e. The molecule has 124 valence electrons. The largest absolute Gasteiger partial charge is 0.352 e. The van der Waals surface area contributed by atoms with Gasteiger partial charge in [0.05, 0.1) is 17.4 Å². The molecule has 1 N–H and O–H groups in total. The molecular weight excluding hydrogens is 300 g/mol. The van der Waals surface area contributed by atoms with Crippen molar-refractivity contribution in [3.05, 3.63) is 59.8 Å². The molecular formula is C19H22N4O. The molecule has 0 radical (unpaired) electrons. The van der Waals surface area contributed by atoms with Gasteiger partial charge in [0.25, 0.3) is 5.91 Å². The van der Waals surface area contributed by atoms with Crippen molar-refractivity contribution in [3.63, 3.8) is 0 Å². The van der Waals surface area contributed by atoms with Gasteiger partial charge in [-0.1, -0.05) is 11.6 Å². The molecule has 1 amide bonds. The van der Waals surface area contributed by atoms with Crippen molar-refractivity contribution < 1.29 is 4.79 Å². The summed E-state index contributed by atoms with van der Waals surface area (Å²) in [4.78, 5) is 21.2. The van der Waals surface area contributed by atoms with E-state index >= 15 is 0 Å². The average molecular weight is 322 g/mol. The Morgan fingerprint density at radius 2 is 2.12 bits per heavy atom. The second kappa shape index (κ2) is 6.83. The van der Waals surface area contributed by atoms with Crippen LogP contribution < -0.4 is 5.32 Å². The fourth-order valence-electron chi connectivity index (χ4n) is 2.83. The lowest BCUT2D eigenvalue weighted by molar-refractivity contribution is 0.0953. The topological polar surface area (TPSA) is 59.8 Å². The number of amides is 1. The van der Waals surface area contributed by atoms with Gasteiger partial charge in [-0.05, 0) is 45.4 Å². The van der Waals surface area contributed by atoms with Crippen LogP contribution in [-0.4, -0.2) is 27.0 Å². The zero-order chi connectivity index (χ0) is 17.1. The maximum Gasteiger partial charge on any atom is 0.252 e. The van der Waals surface area contributed by atoms with E-state index in [4.69, 9.17) is 0 Å². The van der Waals surface area contributed by atoms with Crippen LogP contribution in [0.2, 0.25) is 0 Å². The summed E-state index contributed by atoms with van der Waals surface area (Å²) in [7, 11) is 0. The first-order chi connectivity index (χ1) is 11.5. The number of benzene rings is 1. The molecule has 2 aromatic heterocycles. The van der Waals surface area contributed by atoms with Crippen LogP contribution in [-0.2, 0) is 0 Å². The van der Waals surface area contributed by atoms with Gasteiger partial charge in [-0.25, -0.2) is 4.98 Å². The van der Waals surface area contributed by atoms with E-state index in [1.165, 1.54) is 0 Å². The maximum absolute atomic E-state index is 12.6. The number of imidazole rings is 1. The number of nitrogens with zero attached hydrogens (tertiary/aromatic N) is 3. The minimum atomic E-state index is -0.0473. The number of carbonyl (C=O) groups excluding carboxylic acids is 1. The van der Waals surface area contributed by atoms with E-state index < -0.39 is 0 Å². The highest BCUT2D eigenvalue weighted by atomic mass is 16.1. The quantitative estimate of drug-likeness (QED) is 0.783. The summed E-state index contributed by atoms with van der Waals surface area (Å²) in [5, 5.41) is 3.93. The molecule has 3 aromatic rings. The van der Waals surface area contributed by atoms with Crippen molar-refractivity contribution in [2.45, 2.75) is 33.2 Å². The van der Waals surface area contributed by atoms with Crippen LogP contribution >= 0.6 is 0 Å². The number of nitrogens with one attached hydrogen (secondary N) is 1. The number of aromatic nitrogens is 3. The first-order valence-electron chi connectivity index (χ1n) is 8.18. The maximum atomic E-state index is 12.6. The fraction of sp³-hybridized carbons (Fsp3) is 0.316. The Morgan fingerprint density at radius 1 is 1.29 bits per heavy atom. The lowest BCUT2D eigenvalue weighted by Gasteiger charge is -2.14. The van der Waals surface area contributed by atoms with Crippen LogP contribution in [0.15, 0.2) is 43.0 Å². The molecule has 0 aliphatic heterocycles. The van der Waals surface area contributed by atoms with Gasteiger partial charge in [-0.3, -0.25) is 9.78 Å². The van der Waals surface area contributed by atoms with Crippen molar-refractivity contribution in [1.29, 1.82) is 0 Å². The van der Waals surface area contributed by atoms with E-state index in [9.17, 15) is 4.79 Å². The molecule has 0 unspecified atom stereocenters. The van der Waals surface area contributed by atoms with Crippen molar-refractivity contribution >= 4 is 16.8 Å². The monoisotopic (exact) mass is 322 g/mol. The van der Waals surface area contributed by atoms with Crippen molar-refractivity contribution in [1.82, 2.24) is 19.9 Å². The second-order valence-corrected chi connectivity index (χ2v) is 6.24. The Bertz CT molecular complexity index is 855. The third-order valence-electron chi connectivity index (χ3n) is 4.22. The SMILES string of the molecule is Cc1ccc2nc(C)cc(C(=O)NCC[C@H](C)n3ccnc3)c2c1. The molecule has 5 heteroatoms. The Labute approximate surface area is 141 Å². The van der Waals surface area contributed by atoms with Crippen LogP contribution in [0.4, 0.5) is 0 Å². The summed E-state index contributed by atoms with van der Waals surface area (Å²) in [6.07, 6.45) is 6.36. The number of carbonyl (C=O) groups is 1. The average Bonchev–Trinajstić information content (AvgIpc) is 3.09. The number of hydrogen-bond acceptors (Lipinski definition) is 3. The van der Waals surface area contributed by atoms with Gasteiger partial charge in [-0.15, -0.1) is 0 Å². The zero-order valence-corrected chi connectivity index (χ0v) is 14.3. The normalized spacial score (nSPS) is 12.3. The summed E-state index contributed by atoms with van der Waals surface area (Å²) >= 11 is 0. The molecule has 24 heavy (non-hydrogen) atoms. The van der Waals surface area contributed by atoms with Gasteiger partial charge in [-0.2, -0.15) is 0 Å². The third-order valence-corrected chi connectivity index (χ3v) is 4.22. The summed E-state index contributed by atoms with van der Waals surface area (Å²) in [5.41, 5.74) is 3.52. The predicted molar refractivity (Wildman–Crippen MR) is 95.1 cm³/mol. The summed E-state index contributed by atoms with van der Waals surface area (Å²) in [6.45, 7) is 6.67. The molecule has 0 saturated heterocycles. The number of rotatable bonds is 5. The van der Waals surface area contributed by atoms with E-state index in [2.05, 4.69) is 22.2 Å². The molecule has 5 nitrogen and oxygen atoms in total. The standard InChI is InChI=1S/C19H22N4O/c1-13-4-5-18-16(10-13)17(11-14(2)22-18)19(24)21-7-6-15(3)23-9-8-20-12-23/h4-5,8-12,15H,6-7H2,1-3H3,(H,21,24)/t15-/m0/s1. The van der Waals surface area contributed by atoms with E-state index in [1.54, 1.807) is 12.5 Å². The summed E-state index contributed by atoms with van der Waals surface area (Å²) in [5.74, 6) is -0.0473. The molecule has 0 bridgehead atoms. The van der Waals surface area contributed by atoms with Gasteiger partial charge in [0.1, 0.15) is 0 Å². The predicted octanol–water partition coefficient (Wildman–Crippen LogP) is 3.43. The molecule has 2 heterocycles. The molecule has 0 spiro atoms. The minimum absolute atomic E-state index is 0.0473. The van der Waals surface area contributed by atoms with Crippen LogP contribution in [0.5, 0.6) is 0 Å². The van der Waals surface area contributed by atoms with Crippen molar-refractivity contribution in [3.8, 4) is 0 Å². The van der Waals surface area contributed by atoms with E-state index in [-0.39, 0.29) is 5.91 Å². The van der Waals surface area contributed by atoms with Crippen LogP contribution in [0.25, 0.3) is 10.9 Å². The van der Waals surface area contributed by atoms with Crippen LogP contribution in [0.3, 0.4) is 0 Å². The number of hydrogen-bond donors (Lipinski definition) is 1. The van der Waals surface area contributed by atoms with E-state index in [1.807, 2.05) is 48.9 Å². The molecule has 0 fully saturated rings. The zero-order valence-electron chi connectivity index (χ0n) is 14.3. The Morgan fingerprint density at radius 3 is 2.88 bits per heavy atom. The highest BCUT2D eigenvalue weighted by Crippen LogP contribution is 2.20. The first kappa shape index (κ1) is 16.2. The smallest absolute Gasteiger partial charge is 0.252 e. The van der Waals surface area contributed by atoms with Gasteiger partial charge in [0.2, 0.25) is 0 Å². The summed E-state index contributed by atoms with van der Waals surface area (Å²) < 4.78 is 2.04. The lowest BCUT2D eigenvalue weighted by Crippen LogP contribution is -2.26. The van der Waals surface area contributed by atoms with Gasteiger partial charge < -0.3 is 9.88 Å². The molecule has 1 aromatic carbocycles. The molecule has 0 saturated carbocycles. The molecule has 3 rings (SSSR count). The van der Waals surface area contributed by atoms with Crippen molar-refractivity contribution in [2.24, 2.45) is 0 Å². The summed E-state index contributed by atoms with van der Waals surface area (Å²) in [6, 6.07) is 8.16. The molecule has 0 aliphatic carbocycles. The van der Waals surface area contributed by atoms with Crippen LogP contribution in [0, 0.1) is 13.8 Å². The third kappa shape index (κ3) is 3.45. The number of aryl methyl sites for hydroxylation is 2. The van der Waals surface area contributed by atoms with Gasteiger partial charge >= 0.3 is 0 Å². The highest BCUT2D eigenvalue weighted by molar-refractivity contribution is 6.06. The Kier molecular flexibility index (Phi) is 4.60. The van der Waals surface area contributed by atoms with Gasteiger partial charge in [0, 0.05) is 36.1 Å². The first-order valence-corrected chi connectivity index (χ1v) is 8.18. The number of fused-ring (bicyclic) bond motifs is 1. The highest BCUT2D eigenvalue weighted by Gasteiger charge is 2.12. The lowest BCUT2D eigenvalue weighted by atomic mass is 10.0. The van der Waals surface area contributed by atoms with E-state index in [0.29, 0.717) is 18.2 Å². The number of pyridine rings is 1. The Hall–Kier alpha value is -2.69. The fourth-order valence-corrected chi connectivity index (χ4v) is 2.83. The Balaban J connectivity index is 1.73. The van der Waals surface area contributed by atoms with E-state index in [0.717, 1.165) is 28.6 Å². The second-order valence-electron chi connectivity index (χ2n) is 6.24. The van der Waals surface area contributed by atoms with Gasteiger partial charge in [0.15, 0.2) is 0 Å². The molecule has 1 atom stereocenters.